The zero-order valence-electron chi connectivity index (χ0n) is 19.9. The normalized spacial score (nSPS) is 16.1. The third-order valence-corrected chi connectivity index (χ3v) is 8.04. The lowest BCUT2D eigenvalue weighted by atomic mass is 10.0. The van der Waals surface area contributed by atoms with Crippen LogP contribution in [0.25, 0.3) is 10.9 Å². The first kappa shape index (κ1) is 24.9. The number of nitrogens with zero attached hydrogens (tertiary/aromatic N) is 2. The maximum Gasteiger partial charge on any atom is 0.330 e. The molecule has 2 N–H and O–H groups in total. The molecule has 0 radical (unpaired) electrons. The third kappa shape index (κ3) is 5.23. The highest BCUT2D eigenvalue weighted by atomic mass is 32.2. The van der Waals surface area contributed by atoms with Crippen molar-refractivity contribution in [1.82, 2.24) is 19.2 Å². The van der Waals surface area contributed by atoms with Gasteiger partial charge in [-0.05, 0) is 36.6 Å². The Hall–Kier alpha value is -3.24. The summed E-state index contributed by atoms with van der Waals surface area (Å²) in [5.74, 6) is -0.411. The Labute approximate surface area is 203 Å². The molecule has 4 rings (SSSR count). The maximum atomic E-state index is 13.4. The molecule has 9 nitrogen and oxygen atoms in total. The van der Waals surface area contributed by atoms with E-state index in [2.05, 4.69) is 10.0 Å². The summed E-state index contributed by atoms with van der Waals surface area (Å²) in [7, 11) is -1.34. The Kier molecular flexibility index (Phi) is 7.23. The van der Waals surface area contributed by atoms with Gasteiger partial charge in [-0.1, -0.05) is 56.0 Å². The molecule has 1 atom stereocenters. The highest BCUT2D eigenvalue weighted by molar-refractivity contribution is 7.89. The highest BCUT2D eigenvalue weighted by Gasteiger charge is 2.29. The molecule has 2 aromatic carbocycles. The number of fused-ring (bicyclic) bond motifs is 1. The van der Waals surface area contributed by atoms with Crippen molar-refractivity contribution in [3.8, 4) is 0 Å². The number of benzene rings is 2. The standard InChI is InChI=1S/C25H30N4O5S/c1-28-21-15-14-19(16-20(21)24(31)29(2)25(28)32)35(33,34)27-22(17-10-6-5-7-11-17)23(30)26-18-12-8-3-4-9-13-18/h5-7,10-11,14-16,18,22,27H,3-4,8-9,12-13H2,1-2H3,(H,26,30)/t22-/m0/s1. The van der Waals surface area contributed by atoms with Crippen molar-refractivity contribution < 1.29 is 13.2 Å². The number of rotatable bonds is 6. The van der Waals surface area contributed by atoms with E-state index in [1.54, 1.807) is 30.3 Å². The molecule has 1 aliphatic rings. The molecule has 0 saturated heterocycles. The number of sulfonamides is 1. The molecular formula is C25H30N4O5S. The van der Waals surface area contributed by atoms with Crippen LogP contribution < -0.4 is 21.3 Å². The molecule has 0 spiro atoms. The van der Waals surface area contributed by atoms with Crippen LogP contribution in [0.4, 0.5) is 0 Å². The lowest BCUT2D eigenvalue weighted by Crippen LogP contribution is -2.44. The van der Waals surface area contributed by atoms with E-state index in [0.29, 0.717) is 11.1 Å². The second kappa shape index (κ2) is 10.2. The average molecular weight is 499 g/mol. The first-order valence-corrected chi connectivity index (χ1v) is 13.2. The summed E-state index contributed by atoms with van der Waals surface area (Å²) in [6.45, 7) is 0. The van der Waals surface area contributed by atoms with Gasteiger partial charge in [0.25, 0.3) is 5.56 Å². The van der Waals surface area contributed by atoms with E-state index in [0.717, 1.165) is 43.1 Å². The number of carbonyl (C=O) groups excluding carboxylic acids is 1. The van der Waals surface area contributed by atoms with E-state index >= 15 is 0 Å². The smallest absolute Gasteiger partial charge is 0.330 e. The number of hydrogen-bond acceptors (Lipinski definition) is 5. The number of aryl methyl sites for hydroxylation is 1. The quantitative estimate of drug-likeness (QED) is 0.505. The minimum absolute atomic E-state index is 0.00527. The number of amides is 1. The lowest BCUT2D eigenvalue weighted by molar-refractivity contribution is -0.123. The minimum Gasteiger partial charge on any atom is -0.352 e. The SMILES string of the molecule is Cn1c(=O)c2cc(S(=O)(=O)N[C@H](C(=O)NC3CCCCCC3)c3ccccc3)ccc2n(C)c1=O. The van der Waals surface area contributed by atoms with Gasteiger partial charge in [-0.25, -0.2) is 13.2 Å². The van der Waals surface area contributed by atoms with Gasteiger partial charge in [0.05, 0.1) is 15.8 Å². The summed E-state index contributed by atoms with van der Waals surface area (Å²) >= 11 is 0. The van der Waals surface area contributed by atoms with E-state index in [4.69, 9.17) is 0 Å². The van der Waals surface area contributed by atoms with E-state index in [1.165, 1.54) is 36.9 Å². The van der Waals surface area contributed by atoms with Gasteiger partial charge in [-0.3, -0.25) is 18.7 Å². The topological polar surface area (TPSA) is 119 Å². The fourth-order valence-electron chi connectivity index (χ4n) is 4.59. The van der Waals surface area contributed by atoms with E-state index < -0.39 is 33.2 Å². The molecule has 1 fully saturated rings. The van der Waals surface area contributed by atoms with E-state index in [-0.39, 0.29) is 16.3 Å². The molecule has 1 aromatic heterocycles. The monoisotopic (exact) mass is 498 g/mol. The van der Waals surface area contributed by atoms with Gasteiger partial charge in [0, 0.05) is 20.1 Å². The predicted molar refractivity (Wildman–Crippen MR) is 134 cm³/mol. The largest absolute Gasteiger partial charge is 0.352 e. The molecule has 3 aromatic rings. The molecule has 1 saturated carbocycles. The molecule has 10 heteroatoms. The summed E-state index contributed by atoms with van der Waals surface area (Å²) < 4.78 is 31.5. The first-order valence-electron chi connectivity index (χ1n) is 11.8. The van der Waals surface area contributed by atoms with Crippen molar-refractivity contribution in [2.45, 2.75) is 55.5 Å². The minimum atomic E-state index is -4.19. The zero-order chi connectivity index (χ0) is 25.2. The highest BCUT2D eigenvalue weighted by Crippen LogP contribution is 2.22. The predicted octanol–water partition coefficient (Wildman–Crippen LogP) is 2.10. The van der Waals surface area contributed by atoms with Crippen molar-refractivity contribution in [2.75, 3.05) is 0 Å². The van der Waals surface area contributed by atoms with Crippen molar-refractivity contribution in [3.63, 3.8) is 0 Å². The summed E-state index contributed by atoms with van der Waals surface area (Å²) in [6, 6.07) is 11.5. The van der Waals surface area contributed by atoms with Gasteiger partial charge in [-0.15, -0.1) is 0 Å². The molecule has 1 amide bonds. The number of hydrogen-bond donors (Lipinski definition) is 2. The van der Waals surface area contributed by atoms with E-state index in [1.807, 2.05) is 0 Å². The number of carbonyl (C=O) groups is 1. The Morgan fingerprint density at radius 2 is 1.60 bits per heavy atom. The van der Waals surface area contributed by atoms with Crippen LogP contribution in [0.5, 0.6) is 0 Å². The molecular weight excluding hydrogens is 468 g/mol. The van der Waals surface area contributed by atoms with Crippen LogP contribution >= 0.6 is 0 Å². The van der Waals surface area contributed by atoms with Crippen molar-refractivity contribution in [3.05, 3.63) is 74.9 Å². The molecule has 35 heavy (non-hydrogen) atoms. The average Bonchev–Trinajstić information content (AvgIpc) is 3.13. The van der Waals surface area contributed by atoms with Crippen molar-refractivity contribution in [2.24, 2.45) is 14.1 Å². The van der Waals surface area contributed by atoms with Crippen LogP contribution in [-0.4, -0.2) is 29.5 Å². The number of nitrogens with one attached hydrogen (secondary N) is 2. The van der Waals surface area contributed by atoms with Gasteiger partial charge in [0.1, 0.15) is 6.04 Å². The second-order valence-electron chi connectivity index (χ2n) is 9.05. The van der Waals surface area contributed by atoms with Crippen LogP contribution in [0.3, 0.4) is 0 Å². The summed E-state index contributed by atoms with van der Waals surface area (Å²) in [5.41, 5.74) is -0.259. The third-order valence-electron chi connectivity index (χ3n) is 6.62. The van der Waals surface area contributed by atoms with Crippen LogP contribution in [0.1, 0.15) is 50.1 Å². The Bertz CT molecular complexity index is 1450. The second-order valence-corrected chi connectivity index (χ2v) is 10.8. The number of aromatic nitrogens is 2. The van der Waals surface area contributed by atoms with Crippen LogP contribution in [-0.2, 0) is 28.9 Å². The van der Waals surface area contributed by atoms with Gasteiger partial charge < -0.3 is 5.32 Å². The zero-order valence-corrected chi connectivity index (χ0v) is 20.7. The summed E-state index contributed by atoms with van der Waals surface area (Å²) in [6.07, 6.45) is 6.06. The van der Waals surface area contributed by atoms with Crippen LogP contribution in [0.15, 0.2) is 63.0 Å². The molecule has 0 aliphatic heterocycles. The van der Waals surface area contributed by atoms with Crippen molar-refractivity contribution >= 4 is 26.8 Å². The Morgan fingerprint density at radius 3 is 2.26 bits per heavy atom. The van der Waals surface area contributed by atoms with E-state index in [9.17, 15) is 22.8 Å². The fourth-order valence-corrected chi connectivity index (χ4v) is 5.80. The molecule has 0 bridgehead atoms. The van der Waals surface area contributed by atoms with Gasteiger partial charge in [0.15, 0.2) is 0 Å². The Balaban J connectivity index is 1.69. The van der Waals surface area contributed by atoms with Crippen molar-refractivity contribution in [1.29, 1.82) is 0 Å². The molecule has 1 aliphatic carbocycles. The maximum absolute atomic E-state index is 13.4. The van der Waals surface area contributed by atoms with Gasteiger partial charge >= 0.3 is 5.69 Å². The molecule has 1 heterocycles. The summed E-state index contributed by atoms with van der Waals surface area (Å²) in [5, 5.41) is 3.13. The van der Waals surface area contributed by atoms with Gasteiger partial charge in [-0.2, -0.15) is 4.72 Å². The van der Waals surface area contributed by atoms with Crippen LogP contribution in [0, 0.1) is 0 Å². The lowest BCUT2D eigenvalue weighted by Gasteiger charge is -2.23. The molecule has 186 valence electrons. The Morgan fingerprint density at radius 1 is 0.943 bits per heavy atom. The van der Waals surface area contributed by atoms with Crippen LogP contribution in [0.2, 0.25) is 0 Å². The fraction of sp³-hybridized carbons (Fsp3) is 0.400. The summed E-state index contributed by atoms with van der Waals surface area (Å²) in [4.78, 5) is 38.0. The first-order chi connectivity index (χ1) is 16.7. The van der Waals surface area contributed by atoms with Gasteiger partial charge in [0.2, 0.25) is 15.9 Å². The molecule has 0 unspecified atom stereocenters.